The maximum Gasteiger partial charge on any atom is 0.168 e. The fraction of sp³-hybridized carbons (Fsp3) is 0.867. The zero-order valence-corrected chi connectivity index (χ0v) is 22.3. The van der Waals surface area contributed by atoms with Crippen LogP contribution in [0.2, 0.25) is 0 Å². The monoisotopic (exact) mass is 442 g/mol. The molecule has 2 nitrogen and oxygen atoms in total. The highest BCUT2D eigenvalue weighted by atomic mass is 16.5. The molecule has 4 aliphatic carbocycles. The van der Waals surface area contributed by atoms with Crippen LogP contribution in [0.1, 0.15) is 120 Å². The Labute approximate surface area is 198 Å². The molecular formula is C30H50O2. The Morgan fingerprint density at radius 3 is 2.28 bits per heavy atom. The summed E-state index contributed by atoms with van der Waals surface area (Å²) in [7, 11) is 0. The average Bonchev–Trinajstić information content (AvgIpc) is 2.97. The van der Waals surface area contributed by atoms with Gasteiger partial charge in [-0.05, 0) is 106 Å². The van der Waals surface area contributed by atoms with E-state index in [1.807, 2.05) is 0 Å². The van der Waals surface area contributed by atoms with E-state index >= 15 is 0 Å². The second-order valence-corrected chi connectivity index (χ2v) is 13.7. The molecule has 2 fully saturated rings. The zero-order chi connectivity index (χ0) is 23.7. The summed E-state index contributed by atoms with van der Waals surface area (Å²) in [5, 5.41) is 21.7. The Morgan fingerprint density at radius 1 is 0.938 bits per heavy atom. The van der Waals surface area contributed by atoms with Crippen molar-refractivity contribution >= 4 is 0 Å². The van der Waals surface area contributed by atoms with Crippen LogP contribution in [0.15, 0.2) is 22.8 Å². The van der Waals surface area contributed by atoms with Gasteiger partial charge in [-0.25, -0.2) is 0 Å². The predicted molar refractivity (Wildman–Crippen MR) is 134 cm³/mol. The Kier molecular flexibility index (Phi) is 5.90. The molecule has 0 radical (unpaired) electrons. The first kappa shape index (κ1) is 24.5. The molecule has 6 atom stereocenters. The number of fused-ring (bicyclic) bond motifs is 4. The van der Waals surface area contributed by atoms with Gasteiger partial charge in [-0.2, -0.15) is 0 Å². The maximum atomic E-state index is 10.8. The molecule has 0 aromatic rings. The van der Waals surface area contributed by atoms with Crippen molar-refractivity contribution in [3.8, 4) is 0 Å². The largest absolute Gasteiger partial charge is 0.365 e. The Hall–Kier alpha value is -0.600. The van der Waals surface area contributed by atoms with Crippen LogP contribution in [0.25, 0.3) is 0 Å². The summed E-state index contributed by atoms with van der Waals surface area (Å²) in [6, 6.07) is 0. The number of rotatable bonds is 4. The van der Waals surface area contributed by atoms with E-state index in [2.05, 4.69) is 61.5 Å². The molecule has 1 unspecified atom stereocenters. The highest BCUT2D eigenvalue weighted by Crippen LogP contribution is 2.73. The molecule has 0 aromatic heterocycles. The molecular weight excluding hydrogens is 392 g/mol. The molecule has 0 aliphatic heterocycles. The lowest BCUT2D eigenvalue weighted by atomic mass is 9.43. The molecule has 0 amide bonds. The lowest BCUT2D eigenvalue weighted by Gasteiger charge is -2.63. The highest BCUT2D eigenvalue weighted by Gasteiger charge is 2.65. The van der Waals surface area contributed by atoms with Crippen LogP contribution in [0.5, 0.6) is 0 Å². The van der Waals surface area contributed by atoms with E-state index in [0.29, 0.717) is 23.2 Å². The lowest BCUT2D eigenvalue weighted by Crippen LogP contribution is -2.60. The summed E-state index contributed by atoms with van der Waals surface area (Å²) in [6.07, 6.45) is 13.9. The predicted octanol–water partition coefficient (Wildman–Crippen LogP) is 7.80. The Morgan fingerprint density at radius 2 is 1.62 bits per heavy atom. The van der Waals surface area contributed by atoms with Crippen molar-refractivity contribution in [1.82, 2.24) is 0 Å². The van der Waals surface area contributed by atoms with Gasteiger partial charge in [0.1, 0.15) is 0 Å². The van der Waals surface area contributed by atoms with Crippen molar-refractivity contribution in [2.75, 3.05) is 0 Å². The molecule has 2 saturated carbocycles. The summed E-state index contributed by atoms with van der Waals surface area (Å²) in [6.45, 7) is 18.9. The van der Waals surface area contributed by atoms with E-state index < -0.39 is 11.2 Å². The van der Waals surface area contributed by atoms with Crippen LogP contribution < -0.4 is 0 Å². The van der Waals surface area contributed by atoms with Crippen LogP contribution in [-0.2, 0) is 0 Å². The first-order chi connectivity index (χ1) is 14.7. The van der Waals surface area contributed by atoms with Gasteiger partial charge in [0.25, 0.3) is 0 Å². The van der Waals surface area contributed by atoms with Crippen LogP contribution in [0, 0.1) is 39.4 Å². The van der Waals surface area contributed by atoms with Crippen LogP contribution in [0.3, 0.4) is 0 Å². The second kappa shape index (κ2) is 7.70. The third-order valence-electron chi connectivity index (χ3n) is 11.9. The van der Waals surface area contributed by atoms with E-state index in [4.69, 9.17) is 0 Å². The van der Waals surface area contributed by atoms with E-state index in [1.165, 1.54) is 50.5 Å². The smallest absolute Gasteiger partial charge is 0.168 e. The van der Waals surface area contributed by atoms with Crippen LogP contribution in [-0.4, -0.2) is 16.0 Å². The van der Waals surface area contributed by atoms with Gasteiger partial charge in [0.15, 0.2) is 5.79 Å². The fourth-order valence-electron chi connectivity index (χ4n) is 9.42. The van der Waals surface area contributed by atoms with Gasteiger partial charge >= 0.3 is 0 Å². The van der Waals surface area contributed by atoms with Crippen molar-refractivity contribution in [2.24, 2.45) is 39.4 Å². The van der Waals surface area contributed by atoms with Crippen molar-refractivity contribution in [3.63, 3.8) is 0 Å². The highest BCUT2D eigenvalue weighted by molar-refractivity contribution is 5.39. The minimum Gasteiger partial charge on any atom is -0.365 e. The lowest BCUT2D eigenvalue weighted by molar-refractivity contribution is -0.287. The minimum atomic E-state index is -1.54. The number of aliphatic hydroxyl groups is 2. The van der Waals surface area contributed by atoms with E-state index in [9.17, 15) is 10.2 Å². The molecule has 182 valence electrons. The number of hydrogen-bond acceptors (Lipinski definition) is 2. The summed E-state index contributed by atoms with van der Waals surface area (Å²) >= 11 is 0. The number of hydrogen-bond donors (Lipinski definition) is 2. The summed E-state index contributed by atoms with van der Waals surface area (Å²) in [5.41, 5.74) is 5.37. The van der Waals surface area contributed by atoms with Gasteiger partial charge in [-0.3, -0.25) is 0 Å². The first-order valence-electron chi connectivity index (χ1n) is 13.5. The first-order valence-corrected chi connectivity index (χ1v) is 13.5. The summed E-state index contributed by atoms with van der Waals surface area (Å²) in [5.74, 6) is 0.416. The van der Waals surface area contributed by atoms with Gasteiger partial charge < -0.3 is 10.2 Å². The fourth-order valence-corrected chi connectivity index (χ4v) is 9.42. The zero-order valence-electron chi connectivity index (χ0n) is 22.3. The molecule has 4 aliphatic rings. The molecule has 2 N–H and O–H groups in total. The van der Waals surface area contributed by atoms with Crippen LogP contribution >= 0.6 is 0 Å². The molecule has 4 rings (SSSR count). The van der Waals surface area contributed by atoms with E-state index in [0.717, 1.165) is 24.7 Å². The van der Waals surface area contributed by atoms with Crippen molar-refractivity contribution in [1.29, 1.82) is 0 Å². The SMILES string of the molecule is CC(C)=CCC[C@@H](C)[C@H]1CC[C@@]2(C)C3=C(CC[C@]12C)[C@@]1(C)CCC(O)(O)C(C)(C)C1CC3. The van der Waals surface area contributed by atoms with Gasteiger partial charge in [-0.1, -0.05) is 64.3 Å². The average molecular weight is 443 g/mol. The van der Waals surface area contributed by atoms with Gasteiger partial charge in [0.05, 0.1) is 0 Å². The standard InChI is InChI=1S/C30H50O2/c1-20(2)10-9-11-21(3)22-14-16-29(8)24-12-13-25-26(4,5)30(31,32)19-18-27(25,6)23(24)15-17-28(22,29)7/h10,21-22,25,31-32H,9,11-19H2,1-8H3/t21-,22-,25?,27-,28-,29+/m1/s1. The topological polar surface area (TPSA) is 40.5 Å². The maximum absolute atomic E-state index is 10.8. The van der Waals surface area contributed by atoms with E-state index in [-0.39, 0.29) is 5.41 Å². The summed E-state index contributed by atoms with van der Waals surface area (Å²) < 4.78 is 0. The third-order valence-corrected chi connectivity index (χ3v) is 11.9. The molecule has 32 heavy (non-hydrogen) atoms. The number of allylic oxidation sites excluding steroid dienone is 4. The molecule has 0 heterocycles. The van der Waals surface area contributed by atoms with Crippen molar-refractivity contribution < 1.29 is 10.2 Å². The quantitative estimate of drug-likeness (QED) is 0.344. The molecule has 0 bridgehead atoms. The summed E-state index contributed by atoms with van der Waals surface area (Å²) in [4.78, 5) is 0. The normalized spacial score (nSPS) is 43.2. The minimum absolute atomic E-state index is 0.129. The Bertz CT molecular complexity index is 813. The molecule has 2 heteroatoms. The van der Waals surface area contributed by atoms with Crippen LogP contribution in [0.4, 0.5) is 0 Å². The van der Waals surface area contributed by atoms with Gasteiger partial charge in [0.2, 0.25) is 0 Å². The van der Waals surface area contributed by atoms with Gasteiger partial charge in [-0.15, -0.1) is 0 Å². The molecule has 0 spiro atoms. The van der Waals surface area contributed by atoms with Crippen molar-refractivity contribution in [2.45, 2.75) is 125 Å². The Balaban J connectivity index is 1.66. The van der Waals surface area contributed by atoms with Crippen molar-refractivity contribution in [3.05, 3.63) is 22.8 Å². The molecule has 0 aromatic carbocycles. The van der Waals surface area contributed by atoms with Gasteiger partial charge in [0, 0.05) is 11.8 Å². The second-order valence-electron chi connectivity index (χ2n) is 13.7. The van der Waals surface area contributed by atoms with E-state index in [1.54, 1.807) is 11.1 Å². The third kappa shape index (κ3) is 3.25. The molecule has 0 saturated heterocycles.